The van der Waals surface area contributed by atoms with Gasteiger partial charge in [0.1, 0.15) is 5.75 Å². The summed E-state index contributed by atoms with van der Waals surface area (Å²) in [5, 5.41) is 2.64. The number of nitrogens with one attached hydrogen (secondary N) is 2. The number of rotatable bonds is 6. The van der Waals surface area contributed by atoms with Crippen molar-refractivity contribution in [1.82, 2.24) is 4.57 Å². The summed E-state index contributed by atoms with van der Waals surface area (Å²) >= 11 is 0. The molecule has 4 aromatic rings. The summed E-state index contributed by atoms with van der Waals surface area (Å²) in [7, 11) is -1.10. The van der Waals surface area contributed by atoms with Gasteiger partial charge in [-0.3, -0.25) is 14.1 Å². The number of anilines is 2. The van der Waals surface area contributed by atoms with E-state index in [-0.39, 0.29) is 27.7 Å². The molecular weight excluding hydrogens is 426 g/mol. The van der Waals surface area contributed by atoms with E-state index in [4.69, 9.17) is 13.6 Å². The van der Waals surface area contributed by atoms with Crippen molar-refractivity contribution >= 4 is 38.4 Å². The molecule has 0 saturated heterocycles. The van der Waals surface area contributed by atoms with Crippen LogP contribution in [0, 0.1) is 0 Å². The monoisotopic (exact) mass is 443 g/mol. The molecule has 0 unspecified atom stereocenters. The van der Waals surface area contributed by atoms with Crippen LogP contribution in [-0.4, -0.2) is 26.0 Å². The summed E-state index contributed by atoms with van der Waals surface area (Å²) in [5.74, 6) is -0.700. The Bertz CT molecular complexity index is 1430. The average molecular weight is 443 g/mol. The van der Waals surface area contributed by atoms with Crippen molar-refractivity contribution in [2.75, 3.05) is 17.1 Å². The SMILES string of the molecule is COc1cc(NS(=O)(=O)c2ccc3oc(=O)n(C)c3c2)ccc1NC(=O)c1ccco1. The third-order valence-corrected chi connectivity index (χ3v) is 5.90. The van der Waals surface area contributed by atoms with Gasteiger partial charge in [-0.25, -0.2) is 13.2 Å². The van der Waals surface area contributed by atoms with Crippen LogP contribution in [0.2, 0.25) is 0 Å². The lowest BCUT2D eigenvalue weighted by atomic mass is 10.2. The molecule has 2 N–H and O–H groups in total. The number of methoxy groups -OCH3 is 1. The van der Waals surface area contributed by atoms with Crippen molar-refractivity contribution in [3.63, 3.8) is 0 Å². The topological polar surface area (TPSA) is 133 Å². The molecule has 10 nitrogen and oxygen atoms in total. The number of fused-ring (bicyclic) bond motifs is 1. The number of nitrogens with zero attached hydrogens (tertiary/aromatic N) is 1. The summed E-state index contributed by atoms with van der Waals surface area (Å²) < 4.78 is 44.7. The summed E-state index contributed by atoms with van der Waals surface area (Å²) in [6.45, 7) is 0. The fourth-order valence-electron chi connectivity index (χ4n) is 2.94. The van der Waals surface area contributed by atoms with Crippen LogP contribution in [-0.2, 0) is 17.1 Å². The van der Waals surface area contributed by atoms with Gasteiger partial charge in [-0.1, -0.05) is 0 Å². The zero-order valence-electron chi connectivity index (χ0n) is 16.4. The van der Waals surface area contributed by atoms with E-state index in [1.165, 1.54) is 67.5 Å². The predicted molar refractivity (Wildman–Crippen MR) is 112 cm³/mol. The van der Waals surface area contributed by atoms with Crippen molar-refractivity contribution in [2.45, 2.75) is 4.90 Å². The Hall–Kier alpha value is -3.99. The Balaban J connectivity index is 1.60. The van der Waals surface area contributed by atoms with Gasteiger partial charge in [-0.05, 0) is 42.5 Å². The Morgan fingerprint density at radius 3 is 2.65 bits per heavy atom. The summed E-state index contributed by atoms with van der Waals surface area (Å²) in [6, 6.07) is 11.6. The van der Waals surface area contributed by atoms with Gasteiger partial charge < -0.3 is 18.9 Å². The molecular formula is C20H17N3O7S. The number of amides is 1. The third kappa shape index (κ3) is 3.90. The van der Waals surface area contributed by atoms with Crippen molar-refractivity contribution < 1.29 is 26.8 Å². The van der Waals surface area contributed by atoms with E-state index in [1.54, 1.807) is 6.07 Å². The normalized spacial score (nSPS) is 11.4. The van der Waals surface area contributed by atoms with Crippen LogP contribution in [0.5, 0.6) is 5.75 Å². The molecule has 0 atom stereocenters. The number of ether oxygens (including phenoxy) is 1. The highest BCUT2D eigenvalue weighted by Gasteiger charge is 2.19. The molecule has 2 aromatic carbocycles. The van der Waals surface area contributed by atoms with E-state index < -0.39 is 21.7 Å². The van der Waals surface area contributed by atoms with Crippen LogP contribution < -0.4 is 20.5 Å². The molecule has 0 aliphatic heterocycles. The number of benzene rings is 2. The fraction of sp³-hybridized carbons (Fsp3) is 0.100. The van der Waals surface area contributed by atoms with E-state index in [0.29, 0.717) is 11.2 Å². The minimum Gasteiger partial charge on any atom is -0.494 e. The van der Waals surface area contributed by atoms with Gasteiger partial charge in [0.15, 0.2) is 11.3 Å². The summed E-state index contributed by atoms with van der Waals surface area (Å²) in [5.41, 5.74) is 1.18. The molecule has 0 aliphatic rings. The number of aromatic nitrogens is 1. The van der Waals surface area contributed by atoms with E-state index in [9.17, 15) is 18.0 Å². The van der Waals surface area contributed by atoms with Crippen molar-refractivity contribution in [3.05, 3.63) is 71.1 Å². The van der Waals surface area contributed by atoms with Gasteiger partial charge >= 0.3 is 5.76 Å². The first-order valence-corrected chi connectivity index (χ1v) is 10.4. The van der Waals surface area contributed by atoms with Crippen LogP contribution in [0.4, 0.5) is 11.4 Å². The van der Waals surface area contributed by atoms with E-state index in [2.05, 4.69) is 10.0 Å². The molecule has 0 fully saturated rings. The standard InChI is InChI=1S/C20H17N3O7S/c1-23-15-11-13(6-8-16(15)30-20(23)25)31(26,27)22-12-5-7-14(18(10-12)28-2)21-19(24)17-4-3-9-29-17/h3-11,22H,1-2H3,(H,21,24). The molecule has 0 saturated carbocycles. The molecule has 160 valence electrons. The lowest BCUT2D eigenvalue weighted by Crippen LogP contribution is -2.14. The van der Waals surface area contributed by atoms with E-state index in [1.807, 2.05) is 0 Å². The van der Waals surface area contributed by atoms with Crippen LogP contribution in [0.3, 0.4) is 0 Å². The van der Waals surface area contributed by atoms with Crippen LogP contribution in [0.1, 0.15) is 10.6 Å². The molecule has 2 aromatic heterocycles. The maximum atomic E-state index is 12.8. The molecule has 31 heavy (non-hydrogen) atoms. The number of carbonyl (C=O) groups is 1. The Morgan fingerprint density at radius 1 is 1.13 bits per heavy atom. The number of furan rings is 1. The predicted octanol–water partition coefficient (Wildman–Crippen LogP) is 2.79. The highest BCUT2D eigenvalue weighted by atomic mass is 32.2. The fourth-order valence-corrected chi connectivity index (χ4v) is 4.01. The second kappa shape index (κ2) is 7.69. The van der Waals surface area contributed by atoms with E-state index in [0.717, 1.165) is 0 Å². The number of carbonyl (C=O) groups excluding carboxylic acids is 1. The van der Waals surface area contributed by atoms with Gasteiger partial charge in [0.25, 0.3) is 15.9 Å². The average Bonchev–Trinajstić information content (AvgIpc) is 3.37. The molecule has 0 radical (unpaired) electrons. The second-order valence-corrected chi connectivity index (χ2v) is 8.19. The van der Waals surface area contributed by atoms with Crippen LogP contribution in [0.15, 0.2) is 73.3 Å². The minimum atomic E-state index is -3.97. The number of aryl methyl sites for hydroxylation is 1. The first-order chi connectivity index (χ1) is 14.8. The third-order valence-electron chi connectivity index (χ3n) is 4.52. The smallest absolute Gasteiger partial charge is 0.419 e. The van der Waals surface area contributed by atoms with Gasteiger partial charge in [0, 0.05) is 13.1 Å². The first-order valence-electron chi connectivity index (χ1n) is 8.94. The van der Waals surface area contributed by atoms with Gasteiger partial charge in [-0.15, -0.1) is 0 Å². The second-order valence-electron chi connectivity index (χ2n) is 6.51. The molecule has 4 rings (SSSR count). The summed E-state index contributed by atoms with van der Waals surface area (Å²) in [6.07, 6.45) is 1.38. The van der Waals surface area contributed by atoms with Gasteiger partial charge in [0.05, 0.1) is 35.2 Å². The lowest BCUT2D eigenvalue weighted by Gasteiger charge is -2.13. The van der Waals surface area contributed by atoms with Crippen molar-refractivity contribution in [3.8, 4) is 5.75 Å². The van der Waals surface area contributed by atoms with Crippen LogP contribution >= 0.6 is 0 Å². The highest BCUT2D eigenvalue weighted by molar-refractivity contribution is 7.92. The Labute approximate surface area is 176 Å². The van der Waals surface area contributed by atoms with Gasteiger partial charge in [0.2, 0.25) is 0 Å². The number of sulfonamides is 1. The van der Waals surface area contributed by atoms with Crippen molar-refractivity contribution in [1.29, 1.82) is 0 Å². The quantitative estimate of drug-likeness (QED) is 0.468. The number of hydrogen-bond acceptors (Lipinski definition) is 7. The maximum Gasteiger partial charge on any atom is 0.419 e. The highest BCUT2D eigenvalue weighted by Crippen LogP contribution is 2.30. The molecule has 0 aliphatic carbocycles. The Morgan fingerprint density at radius 2 is 1.94 bits per heavy atom. The molecule has 2 heterocycles. The molecule has 1 amide bonds. The zero-order valence-corrected chi connectivity index (χ0v) is 17.2. The molecule has 11 heteroatoms. The maximum absolute atomic E-state index is 12.8. The number of oxazole rings is 1. The van der Waals surface area contributed by atoms with Gasteiger partial charge in [-0.2, -0.15) is 0 Å². The van der Waals surface area contributed by atoms with Crippen molar-refractivity contribution in [2.24, 2.45) is 7.05 Å². The zero-order chi connectivity index (χ0) is 22.2. The first kappa shape index (κ1) is 20.3. The van der Waals surface area contributed by atoms with Crippen LogP contribution in [0.25, 0.3) is 11.1 Å². The number of hydrogen-bond donors (Lipinski definition) is 2. The summed E-state index contributed by atoms with van der Waals surface area (Å²) in [4.78, 5) is 23.8. The molecule has 0 spiro atoms. The van der Waals surface area contributed by atoms with E-state index >= 15 is 0 Å². The molecule has 0 bridgehead atoms. The minimum absolute atomic E-state index is 0.0504. The Kier molecular flexibility index (Phi) is 5.03. The largest absolute Gasteiger partial charge is 0.494 e. The lowest BCUT2D eigenvalue weighted by molar-refractivity contribution is 0.0996.